The molecule has 1 aromatic carbocycles. The van der Waals surface area contributed by atoms with Gasteiger partial charge in [0, 0.05) is 5.56 Å². The molecule has 0 atom stereocenters. The number of esters is 2. The van der Waals surface area contributed by atoms with Gasteiger partial charge in [-0.1, -0.05) is 12.1 Å². The Morgan fingerprint density at radius 3 is 2.71 bits per heavy atom. The molecule has 0 saturated carbocycles. The fraction of sp³-hybridized carbons (Fsp3) is 0.385. The quantitative estimate of drug-likeness (QED) is 0.551. The van der Waals surface area contributed by atoms with Gasteiger partial charge < -0.3 is 9.47 Å². The van der Waals surface area contributed by atoms with E-state index in [9.17, 15) is 9.59 Å². The molecule has 0 bridgehead atoms. The second kappa shape index (κ2) is 3.87. The minimum absolute atomic E-state index is 0.232. The van der Waals surface area contributed by atoms with Crippen molar-refractivity contribution < 1.29 is 19.1 Å². The van der Waals surface area contributed by atoms with E-state index >= 15 is 0 Å². The molecule has 0 spiro atoms. The summed E-state index contributed by atoms with van der Waals surface area (Å²) in [5.41, 5.74) is 0.167. The summed E-state index contributed by atoms with van der Waals surface area (Å²) < 4.78 is 10.3. The van der Waals surface area contributed by atoms with E-state index in [2.05, 4.69) is 0 Å². The molecule has 0 fully saturated rings. The van der Waals surface area contributed by atoms with Crippen LogP contribution in [-0.2, 0) is 16.0 Å². The lowest BCUT2D eigenvalue weighted by molar-refractivity contribution is -0.143. The number of fused-ring (bicyclic) bond motifs is 1. The Hall–Kier alpha value is -1.84. The van der Waals surface area contributed by atoms with Crippen molar-refractivity contribution in [3.8, 4) is 11.5 Å². The van der Waals surface area contributed by atoms with Crippen molar-refractivity contribution in [2.24, 2.45) is 5.41 Å². The van der Waals surface area contributed by atoms with E-state index in [1.54, 1.807) is 39.0 Å². The van der Waals surface area contributed by atoms with Crippen LogP contribution in [0.15, 0.2) is 18.2 Å². The first-order valence-corrected chi connectivity index (χ1v) is 5.43. The number of carbonyl (C=O) groups excluding carboxylic acids is 2. The second-order valence-corrected chi connectivity index (χ2v) is 5.03. The van der Waals surface area contributed by atoms with Gasteiger partial charge >= 0.3 is 11.9 Å². The number of hydrogen-bond acceptors (Lipinski definition) is 4. The normalized spacial score (nSPS) is 14.2. The van der Waals surface area contributed by atoms with Gasteiger partial charge in [-0.15, -0.1) is 0 Å². The van der Waals surface area contributed by atoms with E-state index < -0.39 is 5.41 Å². The zero-order chi connectivity index (χ0) is 12.6. The minimum atomic E-state index is -0.592. The van der Waals surface area contributed by atoms with Crippen LogP contribution in [-0.4, -0.2) is 11.9 Å². The Balaban J connectivity index is 2.27. The van der Waals surface area contributed by atoms with Crippen molar-refractivity contribution in [2.75, 3.05) is 0 Å². The Bertz CT molecular complexity index is 483. The zero-order valence-corrected chi connectivity index (χ0v) is 10.1. The zero-order valence-electron chi connectivity index (χ0n) is 10.1. The van der Waals surface area contributed by atoms with Gasteiger partial charge in [0.05, 0.1) is 11.8 Å². The average molecular weight is 234 g/mol. The molecule has 0 aromatic heterocycles. The van der Waals surface area contributed by atoms with Gasteiger partial charge in [-0.3, -0.25) is 9.59 Å². The molecular formula is C13H14O4. The summed E-state index contributed by atoms with van der Waals surface area (Å²) in [7, 11) is 0. The number of rotatable bonds is 1. The van der Waals surface area contributed by atoms with Gasteiger partial charge in [-0.2, -0.15) is 0 Å². The van der Waals surface area contributed by atoms with E-state index in [0.29, 0.717) is 11.5 Å². The maximum Gasteiger partial charge on any atom is 0.316 e. The number of ether oxygens (including phenoxy) is 2. The van der Waals surface area contributed by atoms with Crippen LogP contribution in [0.1, 0.15) is 26.3 Å². The first-order valence-electron chi connectivity index (χ1n) is 5.43. The lowest BCUT2D eigenvalue weighted by Crippen LogP contribution is -2.25. The first kappa shape index (κ1) is 11.6. The van der Waals surface area contributed by atoms with E-state index in [4.69, 9.17) is 9.47 Å². The molecule has 0 saturated heterocycles. The molecule has 2 rings (SSSR count). The Morgan fingerprint density at radius 1 is 1.35 bits per heavy atom. The highest BCUT2D eigenvalue weighted by Crippen LogP contribution is 2.36. The van der Waals surface area contributed by atoms with Crippen LogP contribution < -0.4 is 9.47 Å². The molecule has 17 heavy (non-hydrogen) atoms. The Labute approximate surface area is 99.5 Å². The van der Waals surface area contributed by atoms with Gasteiger partial charge in [-0.05, 0) is 26.8 Å². The van der Waals surface area contributed by atoms with Gasteiger partial charge in [0.2, 0.25) is 0 Å². The highest BCUT2D eigenvalue weighted by atomic mass is 16.6. The maximum atomic E-state index is 11.8. The van der Waals surface area contributed by atoms with Crippen molar-refractivity contribution in [3.05, 3.63) is 23.8 Å². The van der Waals surface area contributed by atoms with Gasteiger partial charge in [0.15, 0.2) is 11.5 Å². The van der Waals surface area contributed by atoms with Gasteiger partial charge in [0.25, 0.3) is 0 Å². The molecular weight excluding hydrogens is 220 g/mol. The van der Waals surface area contributed by atoms with E-state index in [0.717, 1.165) is 5.56 Å². The fourth-order valence-corrected chi connectivity index (χ4v) is 1.46. The number of hydrogen-bond donors (Lipinski definition) is 0. The van der Waals surface area contributed by atoms with Gasteiger partial charge in [-0.25, -0.2) is 0 Å². The van der Waals surface area contributed by atoms with Gasteiger partial charge in [0.1, 0.15) is 0 Å². The average Bonchev–Trinajstić information content (AvgIpc) is 2.58. The summed E-state index contributed by atoms with van der Waals surface area (Å²) in [6.07, 6.45) is 0.232. The third-order valence-corrected chi connectivity index (χ3v) is 2.43. The molecule has 1 aliphatic rings. The summed E-state index contributed by atoms with van der Waals surface area (Å²) in [6, 6.07) is 5.15. The largest absolute Gasteiger partial charge is 0.422 e. The summed E-state index contributed by atoms with van der Waals surface area (Å²) >= 11 is 0. The first-order chi connectivity index (χ1) is 7.88. The monoisotopic (exact) mass is 234 g/mol. The third kappa shape index (κ3) is 2.30. The van der Waals surface area contributed by atoms with E-state index in [1.165, 1.54) is 0 Å². The Morgan fingerprint density at radius 2 is 2.06 bits per heavy atom. The molecule has 1 heterocycles. The molecule has 1 aromatic rings. The summed E-state index contributed by atoms with van der Waals surface area (Å²) in [5, 5.41) is 0. The highest BCUT2D eigenvalue weighted by Gasteiger charge is 2.28. The molecule has 0 amide bonds. The van der Waals surface area contributed by atoms with Crippen LogP contribution in [0.5, 0.6) is 11.5 Å². The number of benzene rings is 1. The standard InChI is InChI=1S/C13H14O4/c1-13(2,3)12(15)16-9-6-4-5-8-7-10(14)17-11(8)9/h4-6H,7H2,1-3H3. The van der Waals surface area contributed by atoms with Crippen molar-refractivity contribution in [2.45, 2.75) is 27.2 Å². The summed E-state index contributed by atoms with van der Waals surface area (Å²) in [4.78, 5) is 22.9. The molecule has 4 nitrogen and oxygen atoms in total. The second-order valence-electron chi connectivity index (χ2n) is 5.03. The van der Waals surface area contributed by atoms with Crippen LogP contribution in [0, 0.1) is 5.41 Å². The van der Waals surface area contributed by atoms with Crippen LogP contribution in [0.2, 0.25) is 0 Å². The number of carbonyl (C=O) groups is 2. The number of para-hydroxylation sites is 1. The topological polar surface area (TPSA) is 52.6 Å². The molecule has 1 aliphatic heterocycles. The van der Waals surface area contributed by atoms with Crippen LogP contribution in [0.3, 0.4) is 0 Å². The van der Waals surface area contributed by atoms with Crippen molar-refractivity contribution in [3.63, 3.8) is 0 Å². The molecule has 4 heteroatoms. The summed E-state index contributed by atoms with van der Waals surface area (Å²) in [6.45, 7) is 5.31. The predicted octanol–water partition coefficient (Wildman–Crippen LogP) is 2.10. The maximum absolute atomic E-state index is 11.8. The van der Waals surface area contributed by atoms with Crippen LogP contribution in [0.4, 0.5) is 0 Å². The highest BCUT2D eigenvalue weighted by molar-refractivity contribution is 5.84. The smallest absolute Gasteiger partial charge is 0.316 e. The molecule has 90 valence electrons. The molecule has 0 radical (unpaired) electrons. The van der Waals surface area contributed by atoms with Crippen molar-refractivity contribution in [1.82, 2.24) is 0 Å². The molecule has 0 unspecified atom stereocenters. The fourth-order valence-electron chi connectivity index (χ4n) is 1.46. The van der Waals surface area contributed by atoms with Crippen molar-refractivity contribution >= 4 is 11.9 Å². The predicted molar refractivity (Wildman–Crippen MR) is 60.9 cm³/mol. The van der Waals surface area contributed by atoms with Crippen LogP contribution >= 0.6 is 0 Å². The molecule has 0 N–H and O–H groups in total. The summed E-state index contributed by atoms with van der Waals surface area (Å²) in [5.74, 6) is 0.0106. The Kier molecular flexibility index (Phi) is 2.65. The molecule has 0 aliphatic carbocycles. The third-order valence-electron chi connectivity index (χ3n) is 2.43. The SMILES string of the molecule is CC(C)(C)C(=O)Oc1cccc2c1OC(=O)C2. The lowest BCUT2D eigenvalue weighted by atomic mass is 9.97. The van der Waals surface area contributed by atoms with Crippen molar-refractivity contribution in [1.29, 1.82) is 0 Å². The van der Waals surface area contributed by atoms with E-state index in [-0.39, 0.29) is 18.4 Å². The lowest BCUT2D eigenvalue weighted by Gasteiger charge is -2.17. The minimum Gasteiger partial charge on any atom is -0.422 e. The van der Waals surface area contributed by atoms with E-state index in [1.807, 2.05) is 0 Å². The van der Waals surface area contributed by atoms with Crippen LogP contribution in [0.25, 0.3) is 0 Å².